The first-order chi connectivity index (χ1) is 9.78. The zero-order valence-corrected chi connectivity index (χ0v) is 14.5. The Labute approximate surface area is 137 Å². The van der Waals surface area contributed by atoms with Gasteiger partial charge in [-0.2, -0.15) is 0 Å². The van der Waals surface area contributed by atoms with E-state index in [0.29, 0.717) is 21.7 Å². The van der Waals surface area contributed by atoms with Crippen LogP contribution in [0.2, 0.25) is 5.02 Å². The number of likely N-dealkylation sites (N-methyl/N-ethyl adjacent to an activating group) is 1. The number of amides is 1. The molecule has 0 aromatic heterocycles. The topological polar surface area (TPSA) is 63.7 Å². The maximum atomic E-state index is 12.1. The molecule has 21 heavy (non-hydrogen) atoms. The Morgan fingerprint density at radius 2 is 2.24 bits per heavy atom. The van der Waals surface area contributed by atoms with Gasteiger partial charge in [0.05, 0.1) is 16.0 Å². The van der Waals surface area contributed by atoms with Gasteiger partial charge in [-0.25, -0.2) is 8.42 Å². The quantitative estimate of drug-likeness (QED) is 0.782. The number of sulfone groups is 1. The molecule has 1 atom stereocenters. The monoisotopic (exact) mass is 395 g/mol. The van der Waals surface area contributed by atoms with Gasteiger partial charge in [0.1, 0.15) is 5.75 Å². The van der Waals surface area contributed by atoms with Crippen LogP contribution < -0.4 is 4.74 Å². The third-order valence-electron chi connectivity index (χ3n) is 3.39. The van der Waals surface area contributed by atoms with Crippen molar-refractivity contribution in [1.82, 2.24) is 4.90 Å². The van der Waals surface area contributed by atoms with E-state index in [9.17, 15) is 13.2 Å². The number of rotatable bonds is 4. The van der Waals surface area contributed by atoms with Gasteiger partial charge in [-0.3, -0.25) is 4.79 Å². The Bertz CT molecular complexity index is 650. The third-order valence-corrected chi connectivity index (χ3v) is 6.00. The van der Waals surface area contributed by atoms with Crippen LogP contribution in [-0.4, -0.2) is 50.4 Å². The van der Waals surface area contributed by atoms with Crippen LogP contribution in [0.4, 0.5) is 0 Å². The molecule has 1 amide bonds. The van der Waals surface area contributed by atoms with Crippen molar-refractivity contribution in [1.29, 1.82) is 0 Å². The number of carbonyl (C=O) groups is 1. The van der Waals surface area contributed by atoms with Crippen molar-refractivity contribution in [2.24, 2.45) is 0 Å². The molecule has 1 aliphatic heterocycles. The van der Waals surface area contributed by atoms with Gasteiger partial charge in [-0.05, 0) is 40.5 Å². The minimum absolute atomic E-state index is 0.0277. The second-order valence-corrected chi connectivity index (χ2v) is 8.44. The summed E-state index contributed by atoms with van der Waals surface area (Å²) in [5.74, 6) is 0.429. The van der Waals surface area contributed by atoms with Crippen LogP contribution in [0.3, 0.4) is 0 Å². The van der Waals surface area contributed by atoms with Crippen molar-refractivity contribution in [3.63, 3.8) is 0 Å². The molecule has 0 radical (unpaired) electrons. The van der Waals surface area contributed by atoms with Gasteiger partial charge in [0, 0.05) is 18.1 Å². The summed E-state index contributed by atoms with van der Waals surface area (Å²) in [4.78, 5) is 13.5. The van der Waals surface area contributed by atoms with Crippen molar-refractivity contribution in [2.75, 3.05) is 25.2 Å². The van der Waals surface area contributed by atoms with Gasteiger partial charge in [0.25, 0.3) is 5.91 Å². The van der Waals surface area contributed by atoms with E-state index in [1.54, 1.807) is 25.2 Å². The van der Waals surface area contributed by atoms with Gasteiger partial charge in [0.2, 0.25) is 0 Å². The first-order valence-corrected chi connectivity index (χ1v) is 9.32. The highest BCUT2D eigenvalue weighted by molar-refractivity contribution is 9.10. The Hall–Kier alpha value is -0.790. The molecule has 0 saturated carbocycles. The minimum atomic E-state index is -3.01. The van der Waals surface area contributed by atoms with Gasteiger partial charge in [-0.15, -0.1) is 0 Å². The fourth-order valence-electron chi connectivity index (χ4n) is 2.12. The van der Waals surface area contributed by atoms with E-state index in [4.69, 9.17) is 16.3 Å². The summed E-state index contributed by atoms with van der Waals surface area (Å²) in [7, 11) is -1.40. The molecule has 116 valence electrons. The van der Waals surface area contributed by atoms with Crippen LogP contribution in [-0.2, 0) is 14.6 Å². The average molecular weight is 397 g/mol. The van der Waals surface area contributed by atoms with E-state index in [-0.39, 0.29) is 30.1 Å². The molecule has 0 bridgehead atoms. The van der Waals surface area contributed by atoms with Crippen LogP contribution in [0.1, 0.15) is 6.42 Å². The highest BCUT2D eigenvalue weighted by Gasteiger charge is 2.32. The normalized spacial score (nSPS) is 20.2. The van der Waals surface area contributed by atoms with Crippen molar-refractivity contribution in [3.05, 3.63) is 27.7 Å². The van der Waals surface area contributed by atoms with Crippen LogP contribution in [0.25, 0.3) is 0 Å². The molecule has 2 rings (SSSR count). The minimum Gasteiger partial charge on any atom is -0.483 e. The molecular formula is C13H15BrClNO4S. The average Bonchev–Trinajstić information content (AvgIpc) is 2.77. The first kappa shape index (κ1) is 16.6. The Morgan fingerprint density at radius 3 is 2.81 bits per heavy atom. The second-order valence-electron chi connectivity index (χ2n) is 4.92. The molecule has 0 N–H and O–H groups in total. The molecule has 0 aliphatic carbocycles. The maximum Gasteiger partial charge on any atom is 0.260 e. The Morgan fingerprint density at radius 1 is 1.52 bits per heavy atom. The van der Waals surface area contributed by atoms with E-state index >= 15 is 0 Å². The Balaban J connectivity index is 1.92. The molecule has 1 aromatic carbocycles. The molecule has 1 aliphatic rings. The second kappa shape index (κ2) is 6.54. The number of hydrogen-bond acceptors (Lipinski definition) is 4. The first-order valence-electron chi connectivity index (χ1n) is 6.32. The van der Waals surface area contributed by atoms with E-state index in [1.807, 2.05) is 0 Å². The van der Waals surface area contributed by atoms with Crippen molar-refractivity contribution < 1.29 is 17.9 Å². The lowest BCUT2D eigenvalue weighted by Gasteiger charge is -2.23. The van der Waals surface area contributed by atoms with Crippen molar-refractivity contribution >= 4 is 43.3 Å². The smallest absolute Gasteiger partial charge is 0.260 e. The molecule has 1 heterocycles. The number of hydrogen-bond donors (Lipinski definition) is 0. The van der Waals surface area contributed by atoms with Gasteiger partial charge in [-0.1, -0.05) is 11.6 Å². The predicted molar refractivity (Wildman–Crippen MR) is 84.5 cm³/mol. The SMILES string of the molecule is CN(C(=O)COc1ccc(Cl)cc1Br)[C@H]1CCS(=O)(=O)C1. The van der Waals surface area contributed by atoms with E-state index < -0.39 is 9.84 Å². The Kier molecular flexibility index (Phi) is 5.16. The summed E-state index contributed by atoms with van der Waals surface area (Å²) in [5, 5.41) is 0.564. The molecule has 1 saturated heterocycles. The summed E-state index contributed by atoms with van der Waals surface area (Å²) < 4.78 is 29.0. The summed E-state index contributed by atoms with van der Waals surface area (Å²) in [6.07, 6.45) is 0.481. The largest absolute Gasteiger partial charge is 0.483 e. The fourth-order valence-corrected chi connectivity index (χ4v) is 4.69. The molecule has 5 nitrogen and oxygen atoms in total. The lowest BCUT2D eigenvalue weighted by molar-refractivity contribution is -0.133. The number of nitrogens with zero attached hydrogens (tertiary/aromatic N) is 1. The molecule has 1 aromatic rings. The highest BCUT2D eigenvalue weighted by Crippen LogP contribution is 2.28. The predicted octanol–water partition coefficient (Wildman–Crippen LogP) is 2.13. The van der Waals surface area contributed by atoms with E-state index in [0.717, 1.165) is 0 Å². The lowest BCUT2D eigenvalue weighted by atomic mass is 10.2. The summed E-state index contributed by atoms with van der Waals surface area (Å²) in [6.45, 7) is -0.146. The molecular weight excluding hydrogens is 382 g/mol. The van der Waals surface area contributed by atoms with Crippen LogP contribution in [0.15, 0.2) is 22.7 Å². The zero-order chi connectivity index (χ0) is 15.6. The van der Waals surface area contributed by atoms with Crippen LogP contribution in [0.5, 0.6) is 5.75 Å². The molecule has 0 unspecified atom stereocenters. The summed E-state index contributed by atoms with van der Waals surface area (Å²) >= 11 is 9.13. The summed E-state index contributed by atoms with van der Waals surface area (Å²) in [5.41, 5.74) is 0. The van der Waals surface area contributed by atoms with Gasteiger partial charge < -0.3 is 9.64 Å². The van der Waals surface area contributed by atoms with E-state index in [1.165, 1.54) is 4.90 Å². The van der Waals surface area contributed by atoms with E-state index in [2.05, 4.69) is 15.9 Å². The van der Waals surface area contributed by atoms with Crippen LogP contribution in [0, 0.1) is 0 Å². The van der Waals surface area contributed by atoms with Crippen molar-refractivity contribution in [2.45, 2.75) is 12.5 Å². The number of ether oxygens (including phenoxy) is 1. The summed E-state index contributed by atoms with van der Waals surface area (Å²) in [6, 6.07) is 4.74. The van der Waals surface area contributed by atoms with Crippen molar-refractivity contribution in [3.8, 4) is 5.75 Å². The standard InChI is InChI=1S/C13H15BrClNO4S/c1-16(10-4-5-21(18,19)8-10)13(17)7-20-12-3-2-9(15)6-11(12)14/h2-3,6,10H,4-5,7-8H2,1H3/t10-/m0/s1. The molecule has 8 heteroatoms. The van der Waals surface area contributed by atoms with Gasteiger partial charge in [0.15, 0.2) is 16.4 Å². The number of carbonyl (C=O) groups excluding carboxylic acids is 1. The van der Waals surface area contributed by atoms with Crippen LogP contribution >= 0.6 is 27.5 Å². The maximum absolute atomic E-state index is 12.1. The molecule has 0 spiro atoms. The number of halogens is 2. The fraction of sp³-hybridized carbons (Fsp3) is 0.462. The molecule has 1 fully saturated rings. The zero-order valence-electron chi connectivity index (χ0n) is 11.4. The third kappa shape index (κ3) is 4.34. The number of benzene rings is 1. The highest BCUT2D eigenvalue weighted by atomic mass is 79.9. The lowest BCUT2D eigenvalue weighted by Crippen LogP contribution is -2.40. The van der Waals surface area contributed by atoms with Gasteiger partial charge >= 0.3 is 0 Å².